The maximum atomic E-state index is 12.3. The molecule has 1 saturated heterocycles. The SMILES string of the molecule is Cc1ccnc2nc(C(=O)NCCCN3CCN(c4ncccn4)CC3)nn12. The summed E-state index contributed by atoms with van der Waals surface area (Å²) in [7, 11) is 0. The summed E-state index contributed by atoms with van der Waals surface area (Å²) in [5, 5.41) is 7.11. The number of nitrogens with one attached hydrogen (secondary N) is 1. The van der Waals surface area contributed by atoms with E-state index < -0.39 is 0 Å². The number of aromatic nitrogens is 6. The molecule has 0 aliphatic carbocycles. The molecule has 1 N–H and O–H groups in total. The molecule has 4 rings (SSSR count). The van der Waals surface area contributed by atoms with Gasteiger partial charge in [0.1, 0.15) is 0 Å². The molecule has 10 heteroatoms. The molecule has 10 nitrogen and oxygen atoms in total. The summed E-state index contributed by atoms with van der Waals surface area (Å²) in [5.74, 6) is 1.11. The Kier molecular flexibility index (Phi) is 5.38. The first kappa shape index (κ1) is 18.2. The highest BCUT2D eigenvalue weighted by Gasteiger charge is 2.18. The maximum Gasteiger partial charge on any atom is 0.291 e. The van der Waals surface area contributed by atoms with E-state index in [1.54, 1.807) is 23.1 Å². The number of rotatable bonds is 6. The predicted molar refractivity (Wildman–Crippen MR) is 103 cm³/mol. The summed E-state index contributed by atoms with van der Waals surface area (Å²) in [5.41, 5.74) is 0.886. The Morgan fingerprint density at radius 2 is 1.89 bits per heavy atom. The van der Waals surface area contributed by atoms with Crippen LogP contribution < -0.4 is 10.2 Å². The third-order valence-electron chi connectivity index (χ3n) is 4.78. The van der Waals surface area contributed by atoms with Crippen LogP contribution in [0.15, 0.2) is 30.7 Å². The quantitative estimate of drug-likeness (QED) is 0.603. The van der Waals surface area contributed by atoms with Crippen LogP contribution in [-0.4, -0.2) is 79.6 Å². The molecule has 0 aromatic carbocycles. The summed E-state index contributed by atoms with van der Waals surface area (Å²) in [4.78, 5) is 33.8. The van der Waals surface area contributed by atoms with Crippen LogP contribution in [0, 0.1) is 6.92 Å². The molecule has 0 unspecified atom stereocenters. The Labute approximate surface area is 162 Å². The predicted octanol–water partition coefficient (Wildman–Crippen LogP) is 0.165. The van der Waals surface area contributed by atoms with Gasteiger partial charge in [0.2, 0.25) is 11.8 Å². The average Bonchev–Trinajstić information content (AvgIpc) is 3.18. The number of anilines is 1. The van der Waals surface area contributed by atoms with E-state index in [4.69, 9.17) is 0 Å². The molecule has 0 atom stereocenters. The molecule has 0 saturated carbocycles. The number of carbonyl (C=O) groups is 1. The zero-order valence-corrected chi connectivity index (χ0v) is 15.8. The van der Waals surface area contributed by atoms with Crippen LogP contribution in [0.1, 0.15) is 22.7 Å². The molecular weight excluding hydrogens is 358 g/mol. The van der Waals surface area contributed by atoms with Crippen molar-refractivity contribution in [2.45, 2.75) is 13.3 Å². The summed E-state index contributed by atoms with van der Waals surface area (Å²) in [6, 6.07) is 3.65. The van der Waals surface area contributed by atoms with Gasteiger partial charge in [-0.15, -0.1) is 5.10 Å². The summed E-state index contributed by atoms with van der Waals surface area (Å²) < 4.78 is 1.57. The van der Waals surface area contributed by atoms with E-state index >= 15 is 0 Å². The summed E-state index contributed by atoms with van der Waals surface area (Å²) in [6.45, 7) is 7.17. The second kappa shape index (κ2) is 8.26. The van der Waals surface area contributed by atoms with Crippen molar-refractivity contribution in [2.75, 3.05) is 44.2 Å². The fourth-order valence-corrected chi connectivity index (χ4v) is 3.21. The first-order valence-corrected chi connectivity index (χ1v) is 9.41. The van der Waals surface area contributed by atoms with Gasteiger partial charge in [0.15, 0.2) is 0 Å². The lowest BCUT2D eigenvalue weighted by atomic mass is 10.3. The molecular formula is C18H23N9O. The van der Waals surface area contributed by atoms with Crippen molar-refractivity contribution in [3.05, 3.63) is 42.2 Å². The van der Waals surface area contributed by atoms with Crippen LogP contribution in [0.5, 0.6) is 0 Å². The first-order valence-electron chi connectivity index (χ1n) is 9.41. The molecule has 0 spiro atoms. The lowest BCUT2D eigenvalue weighted by Gasteiger charge is -2.34. The van der Waals surface area contributed by atoms with Gasteiger partial charge in [0.25, 0.3) is 11.7 Å². The minimum absolute atomic E-state index is 0.151. The lowest BCUT2D eigenvalue weighted by molar-refractivity contribution is 0.0941. The van der Waals surface area contributed by atoms with Gasteiger partial charge in [-0.25, -0.2) is 19.5 Å². The standard InChI is InChI=1S/C18H23N9O/c1-14-4-8-22-18-23-15(24-27(14)18)16(28)19-7-3-9-25-10-12-26(13-11-25)17-20-5-2-6-21-17/h2,4-6,8H,3,7,9-13H2,1H3,(H,19,28). The summed E-state index contributed by atoms with van der Waals surface area (Å²) >= 11 is 0. The second-order valence-electron chi connectivity index (χ2n) is 6.72. The van der Waals surface area contributed by atoms with Gasteiger partial charge < -0.3 is 10.2 Å². The van der Waals surface area contributed by atoms with Gasteiger partial charge in [-0.05, 0) is 32.0 Å². The van der Waals surface area contributed by atoms with Gasteiger partial charge >= 0.3 is 0 Å². The van der Waals surface area contributed by atoms with E-state index in [2.05, 4.69) is 40.2 Å². The Hall–Kier alpha value is -3.14. The Morgan fingerprint density at radius 1 is 1.11 bits per heavy atom. The Balaban J connectivity index is 1.20. The van der Waals surface area contributed by atoms with Crippen LogP contribution in [0.4, 0.5) is 5.95 Å². The molecule has 0 radical (unpaired) electrons. The molecule has 1 aliphatic heterocycles. The van der Waals surface area contributed by atoms with Crippen molar-refractivity contribution in [3.8, 4) is 0 Å². The minimum Gasteiger partial charge on any atom is -0.349 e. The van der Waals surface area contributed by atoms with E-state index in [0.29, 0.717) is 12.3 Å². The van der Waals surface area contributed by atoms with E-state index in [-0.39, 0.29) is 11.7 Å². The van der Waals surface area contributed by atoms with Crippen molar-refractivity contribution in [2.24, 2.45) is 0 Å². The largest absolute Gasteiger partial charge is 0.349 e. The molecule has 1 aliphatic rings. The lowest BCUT2D eigenvalue weighted by Crippen LogP contribution is -2.47. The smallest absolute Gasteiger partial charge is 0.291 e. The third-order valence-corrected chi connectivity index (χ3v) is 4.78. The van der Waals surface area contributed by atoms with Gasteiger partial charge in [-0.2, -0.15) is 4.98 Å². The number of carbonyl (C=O) groups excluding carboxylic acids is 1. The second-order valence-corrected chi connectivity index (χ2v) is 6.72. The topological polar surface area (TPSA) is 104 Å². The minimum atomic E-state index is -0.268. The Morgan fingerprint density at radius 3 is 2.64 bits per heavy atom. The fourth-order valence-electron chi connectivity index (χ4n) is 3.21. The molecule has 146 valence electrons. The third kappa shape index (κ3) is 4.06. The van der Waals surface area contributed by atoms with Crippen molar-refractivity contribution in [1.29, 1.82) is 0 Å². The van der Waals surface area contributed by atoms with Gasteiger partial charge in [0.05, 0.1) is 0 Å². The van der Waals surface area contributed by atoms with E-state index in [0.717, 1.165) is 50.8 Å². The number of hydrogen-bond acceptors (Lipinski definition) is 8. The first-order chi connectivity index (χ1) is 13.7. The summed E-state index contributed by atoms with van der Waals surface area (Å²) in [6.07, 6.45) is 6.07. The van der Waals surface area contributed by atoms with E-state index in [1.165, 1.54) is 0 Å². The molecule has 1 fully saturated rings. The molecule has 4 heterocycles. The highest BCUT2D eigenvalue weighted by molar-refractivity contribution is 5.90. The average molecular weight is 381 g/mol. The number of piperazine rings is 1. The normalized spacial score (nSPS) is 15.1. The number of nitrogens with zero attached hydrogens (tertiary/aromatic N) is 8. The maximum absolute atomic E-state index is 12.3. The number of fused-ring (bicyclic) bond motifs is 1. The molecule has 3 aromatic heterocycles. The highest BCUT2D eigenvalue weighted by atomic mass is 16.2. The Bertz CT molecular complexity index is 935. The number of hydrogen-bond donors (Lipinski definition) is 1. The monoisotopic (exact) mass is 381 g/mol. The van der Waals surface area contributed by atoms with Crippen molar-refractivity contribution in [3.63, 3.8) is 0 Å². The van der Waals surface area contributed by atoms with Crippen LogP contribution in [0.2, 0.25) is 0 Å². The molecule has 3 aromatic rings. The van der Waals surface area contributed by atoms with Crippen molar-refractivity contribution < 1.29 is 4.79 Å². The van der Waals surface area contributed by atoms with Crippen molar-refractivity contribution >= 4 is 17.6 Å². The molecule has 1 amide bonds. The van der Waals surface area contributed by atoms with Crippen LogP contribution in [0.3, 0.4) is 0 Å². The van der Waals surface area contributed by atoms with Gasteiger partial charge in [-0.3, -0.25) is 9.69 Å². The van der Waals surface area contributed by atoms with Crippen molar-refractivity contribution in [1.82, 2.24) is 39.8 Å². The molecule has 28 heavy (non-hydrogen) atoms. The zero-order valence-electron chi connectivity index (χ0n) is 15.8. The van der Waals surface area contributed by atoms with Gasteiger partial charge in [-0.1, -0.05) is 0 Å². The number of amides is 1. The highest BCUT2D eigenvalue weighted by Crippen LogP contribution is 2.09. The van der Waals surface area contributed by atoms with Crippen LogP contribution in [0.25, 0.3) is 5.78 Å². The fraction of sp³-hybridized carbons (Fsp3) is 0.444. The van der Waals surface area contributed by atoms with E-state index in [9.17, 15) is 4.79 Å². The molecule has 0 bridgehead atoms. The van der Waals surface area contributed by atoms with Gasteiger partial charge in [0, 0.05) is 57.0 Å². The van der Waals surface area contributed by atoms with Crippen LogP contribution in [-0.2, 0) is 0 Å². The number of aryl methyl sites for hydroxylation is 1. The zero-order chi connectivity index (χ0) is 19.3. The van der Waals surface area contributed by atoms with E-state index in [1.807, 2.05) is 19.1 Å². The van der Waals surface area contributed by atoms with Crippen LogP contribution >= 0.6 is 0 Å².